The second-order valence-electron chi connectivity index (χ2n) is 6.40. The number of hydrogen-bond donors (Lipinski definition) is 0. The summed E-state index contributed by atoms with van der Waals surface area (Å²) in [7, 11) is 0. The van der Waals surface area contributed by atoms with E-state index >= 15 is 0 Å². The molecule has 0 bridgehead atoms. The zero-order valence-electron chi connectivity index (χ0n) is 12.3. The van der Waals surface area contributed by atoms with Gasteiger partial charge >= 0.3 is 0 Å². The summed E-state index contributed by atoms with van der Waals surface area (Å²) in [5.41, 5.74) is 5.79. The normalized spacial score (nSPS) is 29.2. The Balaban J connectivity index is 1.95. The van der Waals surface area contributed by atoms with E-state index in [0.717, 1.165) is 17.8 Å². The van der Waals surface area contributed by atoms with Gasteiger partial charge in [-0.1, -0.05) is 60.9 Å². The molecule has 1 fully saturated rings. The second-order valence-corrected chi connectivity index (χ2v) is 6.40. The van der Waals surface area contributed by atoms with Crippen LogP contribution in [0.25, 0.3) is 5.57 Å². The Bertz CT molecular complexity index is 513. The fourth-order valence-electron chi connectivity index (χ4n) is 3.96. The molecule has 2 aliphatic carbocycles. The van der Waals surface area contributed by atoms with E-state index in [2.05, 4.69) is 57.2 Å². The lowest BCUT2D eigenvalue weighted by atomic mass is 9.81. The largest absolute Gasteiger partial charge is 0.0808 e. The van der Waals surface area contributed by atoms with E-state index in [-0.39, 0.29) is 0 Å². The average molecular weight is 252 g/mol. The van der Waals surface area contributed by atoms with E-state index in [0.29, 0.717) is 0 Å². The van der Waals surface area contributed by atoms with Gasteiger partial charge in [-0.2, -0.15) is 0 Å². The molecule has 1 saturated carbocycles. The summed E-state index contributed by atoms with van der Waals surface area (Å²) in [5, 5.41) is 0. The summed E-state index contributed by atoms with van der Waals surface area (Å²) in [6.07, 6.45) is 11.2. The van der Waals surface area contributed by atoms with Crippen LogP contribution >= 0.6 is 0 Å². The summed E-state index contributed by atoms with van der Waals surface area (Å²) in [6.45, 7) is 6.75. The molecule has 0 N–H and O–H groups in total. The lowest BCUT2D eigenvalue weighted by Gasteiger charge is -2.24. The van der Waals surface area contributed by atoms with Crippen molar-refractivity contribution >= 4 is 5.57 Å². The van der Waals surface area contributed by atoms with Crippen LogP contribution in [0.5, 0.6) is 0 Å². The van der Waals surface area contributed by atoms with Crippen LogP contribution in [0.4, 0.5) is 0 Å². The van der Waals surface area contributed by atoms with Crippen LogP contribution in [0.1, 0.15) is 42.9 Å². The van der Waals surface area contributed by atoms with Gasteiger partial charge in [0.2, 0.25) is 0 Å². The van der Waals surface area contributed by atoms with Gasteiger partial charge < -0.3 is 0 Å². The van der Waals surface area contributed by atoms with Crippen molar-refractivity contribution in [1.82, 2.24) is 0 Å². The molecular formula is C19H24. The highest BCUT2D eigenvalue weighted by atomic mass is 14.4. The fraction of sp³-hybridized carbons (Fsp3) is 0.474. The number of fused-ring (bicyclic) bond motifs is 1. The zero-order valence-corrected chi connectivity index (χ0v) is 12.3. The van der Waals surface area contributed by atoms with Gasteiger partial charge in [-0.3, -0.25) is 0 Å². The summed E-state index contributed by atoms with van der Waals surface area (Å²) >= 11 is 0. The minimum Gasteiger partial charge on any atom is -0.0808 e. The molecule has 100 valence electrons. The van der Waals surface area contributed by atoms with E-state index in [4.69, 9.17) is 0 Å². The lowest BCUT2D eigenvalue weighted by Crippen LogP contribution is -2.10. The second kappa shape index (κ2) is 5.00. The minimum absolute atomic E-state index is 0.760. The molecule has 0 spiro atoms. The van der Waals surface area contributed by atoms with Crippen LogP contribution in [0.3, 0.4) is 0 Å². The van der Waals surface area contributed by atoms with Crippen molar-refractivity contribution in [3.05, 3.63) is 53.1 Å². The van der Waals surface area contributed by atoms with Crippen LogP contribution in [0, 0.1) is 31.6 Å². The van der Waals surface area contributed by atoms with Crippen molar-refractivity contribution in [3.8, 4) is 0 Å². The Morgan fingerprint density at radius 3 is 2.47 bits per heavy atom. The Morgan fingerprint density at radius 1 is 1.05 bits per heavy atom. The predicted molar refractivity (Wildman–Crippen MR) is 83.0 cm³/mol. The molecule has 1 aromatic rings. The molecule has 0 heterocycles. The monoisotopic (exact) mass is 252 g/mol. The molecule has 0 amide bonds. The number of hydrogen-bond acceptors (Lipinski definition) is 0. The van der Waals surface area contributed by atoms with Gasteiger partial charge in [0.1, 0.15) is 0 Å². The van der Waals surface area contributed by atoms with Gasteiger partial charge in [-0.25, -0.2) is 0 Å². The first kappa shape index (κ1) is 12.7. The van der Waals surface area contributed by atoms with Crippen molar-refractivity contribution in [3.63, 3.8) is 0 Å². The van der Waals surface area contributed by atoms with E-state index in [9.17, 15) is 0 Å². The van der Waals surface area contributed by atoms with E-state index in [1.54, 1.807) is 5.57 Å². The number of rotatable bonds is 2. The SMILES string of the molecule is CCC1CC2C=CC=C(c3cc(C)cc(C)c3)C2C1. The summed E-state index contributed by atoms with van der Waals surface area (Å²) < 4.78 is 0. The number of allylic oxidation sites excluding steroid dienone is 4. The molecule has 2 aliphatic rings. The van der Waals surface area contributed by atoms with Gasteiger partial charge in [-0.15, -0.1) is 0 Å². The van der Waals surface area contributed by atoms with Gasteiger partial charge in [0.25, 0.3) is 0 Å². The van der Waals surface area contributed by atoms with Gasteiger partial charge in [-0.05, 0) is 55.6 Å². The van der Waals surface area contributed by atoms with Gasteiger partial charge in [0.05, 0.1) is 0 Å². The molecule has 3 atom stereocenters. The third-order valence-corrected chi connectivity index (χ3v) is 4.88. The maximum atomic E-state index is 2.44. The first-order chi connectivity index (χ1) is 9.17. The van der Waals surface area contributed by atoms with Crippen LogP contribution in [0.15, 0.2) is 36.4 Å². The van der Waals surface area contributed by atoms with Crippen LogP contribution in [-0.2, 0) is 0 Å². The molecule has 0 aromatic heterocycles. The smallest absolute Gasteiger partial charge is 0.00902 e. The molecule has 0 radical (unpaired) electrons. The molecular weight excluding hydrogens is 228 g/mol. The van der Waals surface area contributed by atoms with Crippen molar-refractivity contribution in [2.45, 2.75) is 40.0 Å². The fourth-order valence-corrected chi connectivity index (χ4v) is 3.96. The number of aryl methyl sites for hydroxylation is 2. The summed E-state index contributed by atoms with van der Waals surface area (Å²) in [4.78, 5) is 0. The Hall–Kier alpha value is -1.30. The highest BCUT2D eigenvalue weighted by Gasteiger charge is 2.35. The standard InChI is InChI=1S/C19H24/c1-4-15-11-16-6-5-7-18(19(16)12-15)17-9-13(2)8-14(3)10-17/h5-10,15-16,19H,4,11-12H2,1-3H3. The third kappa shape index (κ3) is 2.41. The quantitative estimate of drug-likeness (QED) is 0.669. The Morgan fingerprint density at radius 2 is 1.79 bits per heavy atom. The molecule has 0 heteroatoms. The Kier molecular flexibility index (Phi) is 3.35. The molecule has 3 rings (SSSR count). The molecule has 0 saturated heterocycles. The van der Waals surface area contributed by atoms with Crippen molar-refractivity contribution in [2.24, 2.45) is 17.8 Å². The first-order valence-electron chi connectivity index (χ1n) is 7.64. The third-order valence-electron chi connectivity index (χ3n) is 4.88. The van der Waals surface area contributed by atoms with Crippen LogP contribution in [-0.4, -0.2) is 0 Å². The van der Waals surface area contributed by atoms with E-state index < -0.39 is 0 Å². The first-order valence-corrected chi connectivity index (χ1v) is 7.64. The van der Waals surface area contributed by atoms with Crippen molar-refractivity contribution < 1.29 is 0 Å². The highest BCUT2D eigenvalue weighted by Crippen LogP contribution is 2.47. The number of benzene rings is 1. The summed E-state index contributed by atoms with van der Waals surface area (Å²) in [6, 6.07) is 6.98. The van der Waals surface area contributed by atoms with Crippen molar-refractivity contribution in [2.75, 3.05) is 0 Å². The summed E-state index contributed by atoms with van der Waals surface area (Å²) in [5.74, 6) is 2.47. The highest BCUT2D eigenvalue weighted by molar-refractivity contribution is 5.72. The lowest BCUT2D eigenvalue weighted by molar-refractivity contribution is 0.514. The van der Waals surface area contributed by atoms with Crippen LogP contribution < -0.4 is 0 Å². The Labute approximate surface area is 117 Å². The molecule has 3 unspecified atom stereocenters. The predicted octanol–water partition coefficient (Wildman–Crippen LogP) is 5.31. The molecule has 19 heavy (non-hydrogen) atoms. The minimum atomic E-state index is 0.760. The molecule has 1 aromatic carbocycles. The average Bonchev–Trinajstić information content (AvgIpc) is 2.80. The molecule has 0 aliphatic heterocycles. The van der Waals surface area contributed by atoms with Gasteiger partial charge in [0.15, 0.2) is 0 Å². The molecule has 0 nitrogen and oxygen atoms in total. The maximum Gasteiger partial charge on any atom is -0.00902 e. The van der Waals surface area contributed by atoms with E-state index in [1.165, 1.54) is 36.0 Å². The topological polar surface area (TPSA) is 0 Å². The van der Waals surface area contributed by atoms with Gasteiger partial charge in [0, 0.05) is 0 Å². The zero-order chi connectivity index (χ0) is 13.4. The van der Waals surface area contributed by atoms with E-state index in [1.807, 2.05) is 0 Å². The van der Waals surface area contributed by atoms with Crippen molar-refractivity contribution in [1.29, 1.82) is 0 Å². The maximum absolute atomic E-state index is 2.44. The van der Waals surface area contributed by atoms with Crippen LogP contribution in [0.2, 0.25) is 0 Å².